The highest BCUT2D eigenvalue weighted by molar-refractivity contribution is 5.89. The molecular formula is C21H18N4O2. The van der Waals surface area contributed by atoms with Crippen LogP contribution < -0.4 is 0 Å². The van der Waals surface area contributed by atoms with E-state index >= 15 is 0 Å². The first-order valence-corrected chi connectivity index (χ1v) is 8.71. The van der Waals surface area contributed by atoms with Crippen molar-refractivity contribution in [3.63, 3.8) is 0 Å². The van der Waals surface area contributed by atoms with Crippen LogP contribution in [0, 0.1) is 6.92 Å². The molecule has 0 N–H and O–H groups in total. The van der Waals surface area contributed by atoms with E-state index in [1.807, 2.05) is 47.9 Å². The lowest BCUT2D eigenvalue weighted by Gasteiger charge is -2.08. The van der Waals surface area contributed by atoms with Crippen molar-refractivity contribution in [2.24, 2.45) is 0 Å². The zero-order chi connectivity index (χ0) is 18.8. The maximum atomic E-state index is 11.9. The molecule has 4 aromatic rings. The second kappa shape index (κ2) is 6.99. The summed E-state index contributed by atoms with van der Waals surface area (Å²) in [6.07, 6.45) is 3.50. The number of ether oxygens (including phenoxy) is 1. The van der Waals surface area contributed by atoms with E-state index < -0.39 is 0 Å². The van der Waals surface area contributed by atoms with Gasteiger partial charge in [0.05, 0.1) is 17.9 Å². The zero-order valence-electron chi connectivity index (χ0n) is 15.1. The molecule has 0 radical (unpaired) electrons. The van der Waals surface area contributed by atoms with Gasteiger partial charge in [-0.2, -0.15) is 0 Å². The molecule has 3 heterocycles. The van der Waals surface area contributed by atoms with E-state index in [9.17, 15) is 4.79 Å². The Balaban J connectivity index is 1.79. The quantitative estimate of drug-likeness (QED) is 0.516. The number of aryl methyl sites for hydroxylation is 1. The molecule has 0 atom stereocenters. The fourth-order valence-electron chi connectivity index (χ4n) is 3.02. The molecule has 0 saturated carbocycles. The first kappa shape index (κ1) is 16.9. The summed E-state index contributed by atoms with van der Waals surface area (Å²) in [6, 6.07) is 15.0. The van der Waals surface area contributed by atoms with Crippen LogP contribution in [0.3, 0.4) is 0 Å². The number of pyridine rings is 2. The van der Waals surface area contributed by atoms with E-state index in [1.165, 1.54) is 0 Å². The molecule has 0 unspecified atom stereocenters. The van der Waals surface area contributed by atoms with Crippen LogP contribution in [0.15, 0.2) is 60.9 Å². The Morgan fingerprint density at radius 2 is 1.74 bits per heavy atom. The third-order valence-corrected chi connectivity index (χ3v) is 4.28. The molecule has 0 aliphatic rings. The minimum Gasteiger partial charge on any atom is -0.462 e. The van der Waals surface area contributed by atoms with Crippen LogP contribution in [0.1, 0.15) is 23.1 Å². The lowest BCUT2D eigenvalue weighted by molar-refractivity contribution is 0.0526. The smallest absolute Gasteiger partial charge is 0.338 e. The van der Waals surface area contributed by atoms with Gasteiger partial charge in [0.25, 0.3) is 0 Å². The predicted molar refractivity (Wildman–Crippen MR) is 103 cm³/mol. The Bertz CT molecular complexity index is 1100. The third-order valence-electron chi connectivity index (χ3n) is 4.28. The molecule has 4 rings (SSSR count). The Labute approximate surface area is 156 Å². The minimum absolute atomic E-state index is 0.325. The second-order valence-electron chi connectivity index (χ2n) is 6.04. The number of aromatic nitrogens is 4. The summed E-state index contributed by atoms with van der Waals surface area (Å²) in [5, 5.41) is 0. The number of carbonyl (C=O) groups is 1. The van der Waals surface area contributed by atoms with Crippen LogP contribution in [0.5, 0.6) is 0 Å². The highest BCUT2D eigenvalue weighted by atomic mass is 16.5. The first-order valence-electron chi connectivity index (χ1n) is 8.71. The standard InChI is InChI=1S/C21H18N4O2/c1-3-27-21(26)16-4-6-17(7-5-16)25-14(2)23-19-9-8-18(24-20(19)25)15-10-12-22-13-11-15/h4-13H,3H2,1-2H3. The van der Waals surface area contributed by atoms with E-state index in [0.717, 1.165) is 33.9 Å². The van der Waals surface area contributed by atoms with Crippen molar-refractivity contribution in [2.45, 2.75) is 13.8 Å². The van der Waals surface area contributed by atoms with E-state index in [1.54, 1.807) is 31.5 Å². The topological polar surface area (TPSA) is 69.9 Å². The van der Waals surface area contributed by atoms with Crippen LogP contribution >= 0.6 is 0 Å². The van der Waals surface area contributed by atoms with Gasteiger partial charge in [0.2, 0.25) is 0 Å². The lowest BCUT2D eigenvalue weighted by atomic mass is 10.2. The number of fused-ring (bicyclic) bond motifs is 1. The zero-order valence-corrected chi connectivity index (χ0v) is 15.1. The molecule has 6 nitrogen and oxygen atoms in total. The number of esters is 1. The molecule has 0 aliphatic heterocycles. The predicted octanol–water partition coefficient (Wildman–Crippen LogP) is 3.97. The molecule has 0 fully saturated rings. The Morgan fingerprint density at radius 1 is 1.00 bits per heavy atom. The summed E-state index contributed by atoms with van der Waals surface area (Å²) in [7, 11) is 0. The maximum Gasteiger partial charge on any atom is 0.338 e. The van der Waals surface area contributed by atoms with Crippen molar-refractivity contribution < 1.29 is 9.53 Å². The van der Waals surface area contributed by atoms with E-state index in [2.05, 4.69) is 9.97 Å². The number of rotatable bonds is 4. The summed E-state index contributed by atoms with van der Waals surface area (Å²) in [5.41, 5.74) is 4.85. The number of hydrogen-bond acceptors (Lipinski definition) is 5. The first-order chi connectivity index (χ1) is 13.2. The van der Waals surface area contributed by atoms with Crippen molar-refractivity contribution in [3.05, 3.63) is 72.3 Å². The monoisotopic (exact) mass is 358 g/mol. The van der Waals surface area contributed by atoms with Crippen molar-refractivity contribution in [2.75, 3.05) is 6.61 Å². The third kappa shape index (κ3) is 3.17. The Hall–Kier alpha value is -3.54. The van der Waals surface area contributed by atoms with Gasteiger partial charge in [-0.3, -0.25) is 9.55 Å². The molecule has 6 heteroatoms. The number of carbonyl (C=O) groups excluding carboxylic acids is 1. The van der Waals surface area contributed by atoms with Crippen LogP contribution in [0.2, 0.25) is 0 Å². The van der Waals surface area contributed by atoms with E-state index in [0.29, 0.717) is 12.2 Å². The largest absolute Gasteiger partial charge is 0.462 e. The summed E-state index contributed by atoms with van der Waals surface area (Å²) < 4.78 is 7.02. The molecule has 0 aliphatic carbocycles. The number of imidazole rings is 1. The molecule has 27 heavy (non-hydrogen) atoms. The molecule has 1 aromatic carbocycles. The molecule has 3 aromatic heterocycles. The molecule has 134 valence electrons. The van der Waals surface area contributed by atoms with Crippen LogP contribution in [-0.4, -0.2) is 32.1 Å². The van der Waals surface area contributed by atoms with Crippen LogP contribution in [0.25, 0.3) is 28.1 Å². The van der Waals surface area contributed by atoms with Gasteiger partial charge >= 0.3 is 5.97 Å². The fraction of sp³-hybridized carbons (Fsp3) is 0.143. The van der Waals surface area contributed by atoms with E-state index in [-0.39, 0.29) is 5.97 Å². The van der Waals surface area contributed by atoms with Gasteiger partial charge in [0, 0.05) is 23.6 Å². The summed E-state index contributed by atoms with van der Waals surface area (Å²) in [4.78, 5) is 25.3. The molecular weight excluding hydrogens is 340 g/mol. The molecule has 0 spiro atoms. The fourth-order valence-corrected chi connectivity index (χ4v) is 3.02. The van der Waals surface area contributed by atoms with Gasteiger partial charge in [-0.15, -0.1) is 0 Å². The van der Waals surface area contributed by atoms with Gasteiger partial charge in [0.1, 0.15) is 11.3 Å². The highest BCUT2D eigenvalue weighted by Gasteiger charge is 2.13. The second-order valence-corrected chi connectivity index (χ2v) is 6.04. The Kier molecular flexibility index (Phi) is 4.38. The summed E-state index contributed by atoms with van der Waals surface area (Å²) in [5.74, 6) is 0.502. The van der Waals surface area contributed by atoms with Crippen molar-refractivity contribution in [1.29, 1.82) is 0 Å². The van der Waals surface area contributed by atoms with Gasteiger partial charge in [0.15, 0.2) is 5.65 Å². The van der Waals surface area contributed by atoms with Gasteiger partial charge < -0.3 is 4.74 Å². The van der Waals surface area contributed by atoms with Crippen molar-refractivity contribution in [3.8, 4) is 16.9 Å². The van der Waals surface area contributed by atoms with Gasteiger partial charge in [-0.05, 0) is 62.4 Å². The molecule has 0 saturated heterocycles. The van der Waals surface area contributed by atoms with Crippen LogP contribution in [-0.2, 0) is 4.74 Å². The average molecular weight is 358 g/mol. The molecule has 0 bridgehead atoms. The maximum absolute atomic E-state index is 11.9. The number of benzene rings is 1. The van der Waals surface area contributed by atoms with Crippen molar-refractivity contribution in [1.82, 2.24) is 19.5 Å². The lowest BCUT2D eigenvalue weighted by Crippen LogP contribution is -2.05. The molecule has 0 amide bonds. The Morgan fingerprint density at radius 3 is 2.44 bits per heavy atom. The van der Waals surface area contributed by atoms with Gasteiger partial charge in [-0.25, -0.2) is 14.8 Å². The van der Waals surface area contributed by atoms with Gasteiger partial charge in [-0.1, -0.05) is 0 Å². The number of hydrogen-bond donors (Lipinski definition) is 0. The van der Waals surface area contributed by atoms with E-state index in [4.69, 9.17) is 9.72 Å². The summed E-state index contributed by atoms with van der Waals surface area (Å²) in [6.45, 7) is 4.08. The van der Waals surface area contributed by atoms with Crippen molar-refractivity contribution >= 4 is 17.1 Å². The summed E-state index contributed by atoms with van der Waals surface area (Å²) >= 11 is 0. The average Bonchev–Trinajstić information content (AvgIpc) is 3.04. The number of nitrogens with zero attached hydrogens (tertiary/aromatic N) is 4. The van der Waals surface area contributed by atoms with Crippen LogP contribution in [0.4, 0.5) is 0 Å². The minimum atomic E-state index is -0.325. The normalized spacial score (nSPS) is 10.9. The highest BCUT2D eigenvalue weighted by Crippen LogP contribution is 2.24. The SMILES string of the molecule is CCOC(=O)c1ccc(-n2c(C)nc3ccc(-c4ccncc4)nc32)cc1.